The molecule has 92 valence electrons. The first kappa shape index (κ1) is 12.1. The molecule has 0 bridgehead atoms. The molecular weight excluding hydrogens is 232 g/mol. The summed E-state index contributed by atoms with van der Waals surface area (Å²) >= 11 is 1.71. The molecule has 0 fully saturated rings. The zero-order chi connectivity index (χ0) is 12.1. The van der Waals surface area contributed by atoms with Crippen molar-refractivity contribution in [1.82, 2.24) is 14.5 Å². The van der Waals surface area contributed by atoms with Gasteiger partial charge in [0, 0.05) is 37.3 Å². The minimum atomic E-state index is 0.931. The van der Waals surface area contributed by atoms with Crippen LogP contribution in [0.1, 0.15) is 24.0 Å². The molecule has 0 unspecified atom stereocenters. The van der Waals surface area contributed by atoms with Crippen LogP contribution in [0, 0.1) is 6.92 Å². The number of thiazole rings is 1. The lowest BCUT2D eigenvalue weighted by Gasteiger charge is -2.07. The molecule has 0 saturated carbocycles. The zero-order valence-electron chi connectivity index (χ0n) is 10.3. The van der Waals surface area contributed by atoms with Crippen LogP contribution < -0.4 is 5.32 Å². The Labute approximate surface area is 106 Å². The molecule has 2 heterocycles. The Morgan fingerprint density at radius 1 is 1.47 bits per heavy atom. The van der Waals surface area contributed by atoms with E-state index in [1.54, 1.807) is 11.3 Å². The first-order chi connectivity index (χ1) is 8.29. The lowest BCUT2D eigenvalue weighted by atomic mass is 10.4. The topological polar surface area (TPSA) is 42.7 Å². The minimum absolute atomic E-state index is 0.931. The quantitative estimate of drug-likeness (QED) is 0.857. The second kappa shape index (κ2) is 5.82. The number of nitrogens with zero attached hydrogens (tertiary/aromatic N) is 3. The van der Waals surface area contributed by atoms with Crippen molar-refractivity contribution in [2.75, 3.05) is 11.9 Å². The Balaban J connectivity index is 1.99. The van der Waals surface area contributed by atoms with E-state index in [0.717, 1.165) is 37.6 Å². The molecule has 0 radical (unpaired) electrons. The molecule has 0 aromatic carbocycles. The maximum absolute atomic E-state index is 4.48. The number of rotatable bonds is 6. The smallest absolute Gasteiger partial charge is 0.203 e. The molecule has 0 saturated heterocycles. The predicted octanol–water partition coefficient (Wildman–Crippen LogP) is 2.71. The number of aromatic nitrogens is 3. The molecular formula is C12H18N4S. The van der Waals surface area contributed by atoms with E-state index >= 15 is 0 Å². The fraction of sp³-hybridized carbons (Fsp3) is 0.500. The zero-order valence-corrected chi connectivity index (χ0v) is 11.1. The Morgan fingerprint density at radius 3 is 3.06 bits per heavy atom. The first-order valence-corrected chi connectivity index (χ1v) is 6.83. The summed E-state index contributed by atoms with van der Waals surface area (Å²) in [6.07, 6.45) is 6.02. The van der Waals surface area contributed by atoms with E-state index in [4.69, 9.17) is 0 Å². The van der Waals surface area contributed by atoms with E-state index in [1.807, 2.05) is 18.5 Å². The van der Waals surface area contributed by atoms with Crippen molar-refractivity contribution in [2.24, 2.45) is 0 Å². The number of anilines is 1. The van der Waals surface area contributed by atoms with Gasteiger partial charge in [-0.1, -0.05) is 6.92 Å². The summed E-state index contributed by atoms with van der Waals surface area (Å²) in [5, 5.41) is 6.55. The van der Waals surface area contributed by atoms with E-state index in [0.29, 0.717) is 0 Å². The van der Waals surface area contributed by atoms with Crippen LogP contribution in [0.2, 0.25) is 0 Å². The van der Waals surface area contributed by atoms with Crippen LogP contribution in [0.5, 0.6) is 0 Å². The Morgan fingerprint density at radius 2 is 2.35 bits per heavy atom. The van der Waals surface area contributed by atoms with Gasteiger partial charge >= 0.3 is 0 Å². The summed E-state index contributed by atoms with van der Waals surface area (Å²) in [7, 11) is 0. The van der Waals surface area contributed by atoms with Crippen molar-refractivity contribution in [3.8, 4) is 0 Å². The van der Waals surface area contributed by atoms with Crippen molar-refractivity contribution in [3.05, 3.63) is 28.5 Å². The molecule has 2 rings (SSSR count). The van der Waals surface area contributed by atoms with E-state index in [9.17, 15) is 0 Å². The molecule has 5 heteroatoms. The first-order valence-electron chi connectivity index (χ1n) is 5.95. The van der Waals surface area contributed by atoms with Crippen LogP contribution in [0.4, 0.5) is 5.95 Å². The molecule has 0 aliphatic heterocycles. The normalized spacial score (nSPS) is 10.7. The SMILES string of the molecule is CCCNc1nc(C)cn1CCc1nccs1. The third-order valence-electron chi connectivity index (χ3n) is 2.48. The summed E-state index contributed by atoms with van der Waals surface area (Å²) in [4.78, 5) is 8.78. The highest BCUT2D eigenvalue weighted by molar-refractivity contribution is 7.09. The maximum Gasteiger partial charge on any atom is 0.203 e. The van der Waals surface area contributed by atoms with Crippen LogP contribution in [0.15, 0.2) is 17.8 Å². The standard InChI is InChI=1S/C12H18N4S/c1-3-5-14-12-15-10(2)9-16(12)7-4-11-13-6-8-17-11/h6,8-9H,3-5,7H2,1-2H3,(H,14,15). The molecule has 0 atom stereocenters. The highest BCUT2D eigenvalue weighted by Gasteiger charge is 2.05. The van der Waals surface area contributed by atoms with Gasteiger partial charge in [-0.2, -0.15) is 0 Å². The summed E-state index contributed by atoms with van der Waals surface area (Å²) < 4.78 is 2.17. The number of nitrogens with one attached hydrogen (secondary N) is 1. The summed E-state index contributed by atoms with van der Waals surface area (Å²) in [6.45, 7) is 6.08. The molecule has 0 amide bonds. The van der Waals surface area contributed by atoms with Crippen LogP contribution in [-0.2, 0) is 13.0 Å². The van der Waals surface area contributed by atoms with Gasteiger partial charge in [0.05, 0.1) is 10.7 Å². The van der Waals surface area contributed by atoms with Crippen LogP contribution >= 0.6 is 11.3 Å². The van der Waals surface area contributed by atoms with Gasteiger partial charge in [-0.15, -0.1) is 11.3 Å². The number of aryl methyl sites for hydroxylation is 3. The third-order valence-corrected chi connectivity index (χ3v) is 3.32. The molecule has 0 aliphatic carbocycles. The fourth-order valence-corrected chi connectivity index (χ4v) is 2.30. The molecule has 2 aromatic rings. The molecule has 0 aliphatic rings. The second-order valence-electron chi connectivity index (χ2n) is 4.00. The summed E-state index contributed by atoms with van der Waals surface area (Å²) in [5.74, 6) is 0.973. The Kier molecular flexibility index (Phi) is 4.14. The molecule has 17 heavy (non-hydrogen) atoms. The molecule has 1 N–H and O–H groups in total. The van der Waals surface area contributed by atoms with Crippen molar-refractivity contribution in [2.45, 2.75) is 33.2 Å². The van der Waals surface area contributed by atoms with Crippen LogP contribution in [-0.4, -0.2) is 21.1 Å². The van der Waals surface area contributed by atoms with Gasteiger partial charge in [-0.05, 0) is 13.3 Å². The number of hydrogen-bond acceptors (Lipinski definition) is 4. The van der Waals surface area contributed by atoms with Gasteiger partial charge in [0.1, 0.15) is 0 Å². The maximum atomic E-state index is 4.48. The second-order valence-corrected chi connectivity index (χ2v) is 4.98. The largest absolute Gasteiger partial charge is 0.356 e. The van der Waals surface area contributed by atoms with E-state index in [-0.39, 0.29) is 0 Å². The number of imidazole rings is 1. The lowest BCUT2D eigenvalue weighted by molar-refractivity contribution is 0.695. The fourth-order valence-electron chi connectivity index (χ4n) is 1.69. The monoisotopic (exact) mass is 250 g/mol. The Hall–Kier alpha value is -1.36. The average molecular weight is 250 g/mol. The van der Waals surface area contributed by atoms with Gasteiger partial charge in [-0.25, -0.2) is 9.97 Å². The van der Waals surface area contributed by atoms with Gasteiger partial charge in [0.15, 0.2) is 0 Å². The van der Waals surface area contributed by atoms with Crippen molar-refractivity contribution < 1.29 is 0 Å². The van der Waals surface area contributed by atoms with Gasteiger partial charge in [0.25, 0.3) is 0 Å². The van der Waals surface area contributed by atoms with Gasteiger partial charge in [-0.3, -0.25) is 0 Å². The number of hydrogen-bond donors (Lipinski definition) is 1. The van der Waals surface area contributed by atoms with Crippen molar-refractivity contribution >= 4 is 17.3 Å². The highest BCUT2D eigenvalue weighted by Crippen LogP contribution is 2.11. The molecule has 2 aromatic heterocycles. The lowest BCUT2D eigenvalue weighted by Crippen LogP contribution is -2.09. The molecule has 4 nitrogen and oxygen atoms in total. The Bertz CT molecular complexity index is 447. The van der Waals surface area contributed by atoms with Gasteiger partial charge < -0.3 is 9.88 Å². The average Bonchev–Trinajstić information content (AvgIpc) is 2.93. The van der Waals surface area contributed by atoms with Crippen LogP contribution in [0.3, 0.4) is 0 Å². The minimum Gasteiger partial charge on any atom is -0.356 e. The van der Waals surface area contributed by atoms with Crippen LogP contribution in [0.25, 0.3) is 0 Å². The predicted molar refractivity (Wildman–Crippen MR) is 71.6 cm³/mol. The van der Waals surface area contributed by atoms with Crippen molar-refractivity contribution in [3.63, 3.8) is 0 Å². The van der Waals surface area contributed by atoms with E-state index < -0.39 is 0 Å². The van der Waals surface area contributed by atoms with E-state index in [2.05, 4.69) is 33.0 Å². The van der Waals surface area contributed by atoms with Gasteiger partial charge in [0.2, 0.25) is 5.95 Å². The van der Waals surface area contributed by atoms with E-state index in [1.165, 1.54) is 5.01 Å². The molecule has 0 spiro atoms. The highest BCUT2D eigenvalue weighted by atomic mass is 32.1. The van der Waals surface area contributed by atoms with Crippen molar-refractivity contribution in [1.29, 1.82) is 0 Å². The third kappa shape index (κ3) is 3.30. The summed E-state index contributed by atoms with van der Waals surface area (Å²) in [5.41, 5.74) is 1.06. The summed E-state index contributed by atoms with van der Waals surface area (Å²) in [6, 6.07) is 0.